The molecule has 0 radical (unpaired) electrons. The highest BCUT2D eigenvalue weighted by atomic mass is 16.4. The number of carboxylic acid groups (broad SMARTS) is 2. The summed E-state index contributed by atoms with van der Waals surface area (Å²) in [6.45, 7) is 0.821. The molecule has 1 saturated carbocycles. The highest BCUT2D eigenvalue weighted by Crippen LogP contribution is 2.39. The van der Waals surface area contributed by atoms with Crippen LogP contribution in [0.2, 0.25) is 0 Å². The second kappa shape index (κ2) is 6.71. The third kappa shape index (κ3) is 3.72. The molecule has 3 N–H and O–H groups in total. The molecule has 2 fully saturated rings. The summed E-state index contributed by atoms with van der Waals surface area (Å²) in [5.74, 6) is 0.0337. The first-order chi connectivity index (χ1) is 11.0. The maximum atomic E-state index is 11.2. The molecule has 1 aromatic carbocycles. The monoisotopic (exact) mass is 317 g/mol. The minimum absolute atomic E-state index is 0.320. The molecule has 2 aliphatic rings. The number of hydrogen-bond acceptors (Lipinski definition) is 3. The van der Waals surface area contributed by atoms with E-state index < -0.39 is 18.0 Å². The standard InChI is InChI=1S/C18H23NO4/c20-17(21)13-4-1-11(2-5-13)7-12-3-6-14-10-19-16(18(22)23)9-15(14)8-12/h1-2,4-5,12,14-16,19H,3,6-10H2,(H,20,21)(H,22,23)/t12-,14+,15-,16?/m1/s1. The van der Waals surface area contributed by atoms with Crippen LogP contribution in [-0.4, -0.2) is 34.7 Å². The van der Waals surface area contributed by atoms with E-state index in [0.29, 0.717) is 23.3 Å². The van der Waals surface area contributed by atoms with Gasteiger partial charge in [-0.2, -0.15) is 0 Å². The van der Waals surface area contributed by atoms with Gasteiger partial charge in [0.1, 0.15) is 6.04 Å². The zero-order valence-corrected chi connectivity index (χ0v) is 13.1. The molecule has 1 unspecified atom stereocenters. The molecule has 1 saturated heterocycles. The summed E-state index contributed by atoms with van der Waals surface area (Å²) in [5.41, 5.74) is 1.49. The van der Waals surface area contributed by atoms with E-state index >= 15 is 0 Å². The number of nitrogens with one attached hydrogen (secondary N) is 1. The number of benzene rings is 1. The predicted octanol–water partition coefficient (Wildman–Crippen LogP) is 2.41. The van der Waals surface area contributed by atoms with Crippen molar-refractivity contribution in [1.29, 1.82) is 0 Å². The van der Waals surface area contributed by atoms with Crippen molar-refractivity contribution in [3.8, 4) is 0 Å². The van der Waals surface area contributed by atoms with Gasteiger partial charge in [0.25, 0.3) is 0 Å². The number of hydrogen-bond donors (Lipinski definition) is 3. The molecule has 0 amide bonds. The summed E-state index contributed by atoms with van der Waals surface area (Å²) < 4.78 is 0. The molecular weight excluding hydrogens is 294 g/mol. The van der Waals surface area contributed by atoms with Crippen molar-refractivity contribution in [1.82, 2.24) is 5.32 Å². The Morgan fingerprint density at radius 3 is 2.43 bits per heavy atom. The van der Waals surface area contributed by atoms with Crippen LogP contribution in [0.5, 0.6) is 0 Å². The smallest absolute Gasteiger partial charge is 0.335 e. The van der Waals surface area contributed by atoms with Crippen LogP contribution in [0.3, 0.4) is 0 Å². The average molecular weight is 317 g/mol. The lowest BCUT2D eigenvalue weighted by atomic mass is 9.68. The Bertz CT molecular complexity index is 583. The minimum atomic E-state index is -0.897. The van der Waals surface area contributed by atoms with Crippen molar-refractivity contribution in [2.24, 2.45) is 17.8 Å². The van der Waals surface area contributed by atoms with E-state index in [2.05, 4.69) is 5.32 Å². The van der Waals surface area contributed by atoms with Gasteiger partial charge in [0.15, 0.2) is 0 Å². The summed E-state index contributed by atoms with van der Waals surface area (Å²) in [6, 6.07) is 6.73. The number of aliphatic carboxylic acids is 1. The number of piperidine rings is 1. The van der Waals surface area contributed by atoms with Crippen molar-refractivity contribution in [3.05, 3.63) is 35.4 Å². The van der Waals surface area contributed by atoms with Gasteiger partial charge in [-0.15, -0.1) is 0 Å². The highest BCUT2D eigenvalue weighted by Gasteiger charge is 2.37. The maximum Gasteiger partial charge on any atom is 0.335 e. The maximum absolute atomic E-state index is 11.2. The first kappa shape index (κ1) is 16.0. The van der Waals surface area contributed by atoms with Crippen LogP contribution in [0.25, 0.3) is 0 Å². The lowest BCUT2D eigenvalue weighted by Gasteiger charge is -2.41. The van der Waals surface area contributed by atoms with Crippen molar-refractivity contribution in [3.63, 3.8) is 0 Å². The van der Waals surface area contributed by atoms with Crippen molar-refractivity contribution < 1.29 is 19.8 Å². The van der Waals surface area contributed by atoms with E-state index in [4.69, 9.17) is 5.11 Å². The summed E-state index contributed by atoms with van der Waals surface area (Å²) >= 11 is 0. The number of carbonyl (C=O) groups is 2. The summed E-state index contributed by atoms with van der Waals surface area (Å²) in [7, 11) is 0. The SMILES string of the molecule is O=C(O)c1ccc(C[C@H]2CC[C@H]3CNC(C(=O)O)C[C@H]3C2)cc1. The molecule has 1 heterocycles. The van der Waals surface area contributed by atoms with Gasteiger partial charge in [0.05, 0.1) is 5.56 Å². The summed E-state index contributed by atoms with van der Waals surface area (Å²) in [6.07, 6.45) is 5.09. The van der Waals surface area contributed by atoms with Crippen LogP contribution in [0.4, 0.5) is 0 Å². The minimum Gasteiger partial charge on any atom is -0.480 e. The molecule has 4 atom stereocenters. The van der Waals surface area contributed by atoms with E-state index in [1.54, 1.807) is 12.1 Å². The van der Waals surface area contributed by atoms with Gasteiger partial charge in [-0.25, -0.2) is 4.79 Å². The second-order valence-corrected chi connectivity index (χ2v) is 6.94. The van der Waals surface area contributed by atoms with Gasteiger partial charge in [0.2, 0.25) is 0 Å². The Morgan fingerprint density at radius 2 is 1.78 bits per heavy atom. The van der Waals surface area contributed by atoms with Crippen molar-refractivity contribution in [2.75, 3.05) is 6.54 Å². The predicted molar refractivity (Wildman–Crippen MR) is 85.5 cm³/mol. The topological polar surface area (TPSA) is 86.6 Å². The van der Waals surface area contributed by atoms with Crippen LogP contribution >= 0.6 is 0 Å². The Labute approximate surface area is 135 Å². The molecule has 23 heavy (non-hydrogen) atoms. The van der Waals surface area contributed by atoms with Gasteiger partial charge in [-0.3, -0.25) is 4.79 Å². The molecule has 0 bridgehead atoms. The zero-order chi connectivity index (χ0) is 16.4. The van der Waals surface area contributed by atoms with Gasteiger partial charge in [-0.05, 0) is 74.1 Å². The third-order valence-electron chi connectivity index (χ3n) is 5.44. The van der Waals surface area contributed by atoms with Crippen LogP contribution in [0.15, 0.2) is 24.3 Å². The Hall–Kier alpha value is -1.88. The van der Waals surface area contributed by atoms with E-state index in [9.17, 15) is 14.7 Å². The first-order valence-electron chi connectivity index (χ1n) is 8.31. The first-order valence-corrected chi connectivity index (χ1v) is 8.31. The molecule has 124 valence electrons. The van der Waals surface area contributed by atoms with Gasteiger partial charge in [-0.1, -0.05) is 12.1 Å². The molecule has 1 aliphatic carbocycles. The van der Waals surface area contributed by atoms with E-state index in [-0.39, 0.29) is 0 Å². The summed E-state index contributed by atoms with van der Waals surface area (Å²) in [4.78, 5) is 22.1. The van der Waals surface area contributed by atoms with Crippen molar-refractivity contribution >= 4 is 11.9 Å². The van der Waals surface area contributed by atoms with E-state index in [1.165, 1.54) is 12.0 Å². The Balaban J connectivity index is 1.59. The van der Waals surface area contributed by atoms with Crippen LogP contribution in [-0.2, 0) is 11.2 Å². The molecule has 5 heteroatoms. The van der Waals surface area contributed by atoms with Crippen LogP contribution < -0.4 is 5.32 Å². The lowest BCUT2D eigenvalue weighted by molar-refractivity contribution is -0.141. The normalized spacial score (nSPS) is 30.4. The molecular formula is C18H23NO4. The highest BCUT2D eigenvalue weighted by molar-refractivity contribution is 5.87. The van der Waals surface area contributed by atoms with Gasteiger partial charge in [0, 0.05) is 0 Å². The third-order valence-corrected chi connectivity index (χ3v) is 5.44. The van der Waals surface area contributed by atoms with Crippen molar-refractivity contribution in [2.45, 2.75) is 38.1 Å². The zero-order valence-electron chi connectivity index (χ0n) is 13.1. The Morgan fingerprint density at radius 1 is 1.04 bits per heavy atom. The quantitative estimate of drug-likeness (QED) is 0.794. The fraction of sp³-hybridized carbons (Fsp3) is 0.556. The lowest BCUT2D eigenvalue weighted by Crippen LogP contribution is -2.49. The molecule has 1 aliphatic heterocycles. The number of aromatic carboxylic acids is 1. The van der Waals surface area contributed by atoms with E-state index in [0.717, 1.165) is 32.2 Å². The van der Waals surface area contributed by atoms with E-state index in [1.807, 2.05) is 12.1 Å². The molecule has 0 spiro atoms. The van der Waals surface area contributed by atoms with Gasteiger partial charge >= 0.3 is 11.9 Å². The fourth-order valence-corrected chi connectivity index (χ4v) is 4.15. The van der Waals surface area contributed by atoms with Crippen LogP contribution in [0.1, 0.15) is 41.6 Å². The molecule has 0 aromatic heterocycles. The average Bonchev–Trinajstić information content (AvgIpc) is 2.54. The number of fused-ring (bicyclic) bond motifs is 1. The number of rotatable bonds is 4. The molecule has 1 aromatic rings. The van der Waals surface area contributed by atoms with Gasteiger partial charge < -0.3 is 15.5 Å². The number of carboxylic acids is 2. The Kier molecular flexibility index (Phi) is 4.66. The fourth-order valence-electron chi connectivity index (χ4n) is 4.15. The largest absolute Gasteiger partial charge is 0.480 e. The second-order valence-electron chi connectivity index (χ2n) is 6.94. The molecule has 5 nitrogen and oxygen atoms in total. The molecule has 3 rings (SSSR count). The van der Waals surface area contributed by atoms with Crippen LogP contribution in [0, 0.1) is 17.8 Å². The summed E-state index contributed by atoms with van der Waals surface area (Å²) in [5, 5.41) is 21.3.